The van der Waals surface area contributed by atoms with Crippen LogP contribution in [0.3, 0.4) is 0 Å². The van der Waals surface area contributed by atoms with E-state index >= 15 is 0 Å². The van der Waals surface area contributed by atoms with Crippen LogP contribution in [0, 0.1) is 26.1 Å². The summed E-state index contributed by atoms with van der Waals surface area (Å²) in [6, 6.07) is 2.86. The Bertz CT molecular complexity index is 609. The van der Waals surface area contributed by atoms with E-state index in [1.54, 1.807) is 0 Å². The monoisotopic (exact) mass is 294 g/mol. The molecule has 0 radical (unpaired) electrons. The third-order valence-electron chi connectivity index (χ3n) is 2.68. The zero-order valence-corrected chi connectivity index (χ0v) is 11.6. The Balaban J connectivity index is 3.01. The van der Waals surface area contributed by atoms with E-state index in [9.17, 15) is 29.8 Å². The topological polar surface area (TPSA) is 120 Å². The highest BCUT2D eigenvalue weighted by molar-refractivity contribution is 6.08. The molecule has 112 valence electrons. The van der Waals surface area contributed by atoms with Crippen LogP contribution in [0.15, 0.2) is 18.2 Å². The fourth-order valence-electron chi connectivity index (χ4n) is 1.81. The molecule has 1 rings (SSSR count). The summed E-state index contributed by atoms with van der Waals surface area (Å²) in [4.78, 5) is 43.1. The van der Waals surface area contributed by atoms with Crippen molar-refractivity contribution in [3.63, 3.8) is 0 Å². The Hall–Kier alpha value is -2.64. The van der Waals surface area contributed by atoms with Crippen molar-refractivity contribution in [3.8, 4) is 0 Å². The normalized spacial score (nSPS) is 10.4. The number of ketones is 2. The number of Topliss-reactive ketones (excluding diaryl/α,β-unsaturated/α-hetero) is 2. The van der Waals surface area contributed by atoms with Crippen LogP contribution < -0.4 is 0 Å². The van der Waals surface area contributed by atoms with Crippen LogP contribution in [0.1, 0.15) is 37.0 Å². The molecule has 0 aliphatic rings. The summed E-state index contributed by atoms with van der Waals surface area (Å²) < 4.78 is 0. The first-order valence-corrected chi connectivity index (χ1v) is 6.20. The highest BCUT2D eigenvalue weighted by atomic mass is 16.6. The molecule has 0 aliphatic carbocycles. The Morgan fingerprint density at radius 1 is 1.10 bits per heavy atom. The summed E-state index contributed by atoms with van der Waals surface area (Å²) in [7, 11) is 0. The maximum Gasteiger partial charge on any atom is 0.346 e. The molecule has 0 atom stereocenters. The van der Waals surface area contributed by atoms with Crippen molar-refractivity contribution >= 4 is 22.9 Å². The average Bonchev–Trinajstić information content (AvgIpc) is 2.36. The number of carbonyl (C=O) groups excluding carboxylic acids is 2. The second-order valence-electron chi connectivity index (χ2n) is 4.95. The lowest BCUT2D eigenvalue weighted by atomic mass is 9.99. The molecule has 0 aromatic heterocycles. The van der Waals surface area contributed by atoms with Gasteiger partial charge in [-0.15, -0.1) is 0 Å². The van der Waals surface area contributed by atoms with Gasteiger partial charge in [-0.2, -0.15) is 0 Å². The maximum absolute atomic E-state index is 11.9. The van der Waals surface area contributed by atoms with E-state index in [2.05, 4.69) is 0 Å². The molecule has 8 heteroatoms. The standard InChI is InChI=1S/C13H14N2O6/c1-8(2)5-10(16)7-13(17)9-3-4-11(14(18)19)12(6-9)15(20)21/h3-4,6,8H,5,7H2,1-2H3. The highest BCUT2D eigenvalue weighted by Crippen LogP contribution is 2.28. The summed E-state index contributed by atoms with van der Waals surface area (Å²) in [6.45, 7) is 3.66. The van der Waals surface area contributed by atoms with Crippen molar-refractivity contribution in [1.82, 2.24) is 0 Å². The molecule has 0 spiro atoms. The molecule has 0 fully saturated rings. The molecule has 0 saturated heterocycles. The molecule has 0 unspecified atom stereocenters. The molecule has 1 aromatic carbocycles. The molecule has 0 heterocycles. The smallest absolute Gasteiger partial charge is 0.299 e. The van der Waals surface area contributed by atoms with E-state index in [1.807, 2.05) is 13.8 Å². The molecule has 0 N–H and O–H groups in total. The van der Waals surface area contributed by atoms with E-state index in [0.29, 0.717) is 0 Å². The highest BCUT2D eigenvalue weighted by Gasteiger charge is 2.26. The van der Waals surface area contributed by atoms with Gasteiger partial charge in [0.1, 0.15) is 5.78 Å². The van der Waals surface area contributed by atoms with Crippen LogP contribution in [0.4, 0.5) is 11.4 Å². The Kier molecular flexibility index (Phi) is 5.23. The van der Waals surface area contributed by atoms with E-state index in [0.717, 1.165) is 18.2 Å². The quantitative estimate of drug-likeness (QED) is 0.330. The van der Waals surface area contributed by atoms with Crippen molar-refractivity contribution in [2.45, 2.75) is 26.7 Å². The predicted octanol–water partition coefficient (Wildman–Crippen LogP) is 2.69. The van der Waals surface area contributed by atoms with Crippen LogP contribution in [-0.4, -0.2) is 21.4 Å². The maximum atomic E-state index is 11.9. The van der Waals surface area contributed by atoms with Crippen molar-refractivity contribution in [2.75, 3.05) is 0 Å². The van der Waals surface area contributed by atoms with Gasteiger partial charge >= 0.3 is 11.4 Å². The van der Waals surface area contributed by atoms with Crippen LogP contribution in [0.25, 0.3) is 0 Å². The number of hydrogen-bond donors (Lipinski definition) is 0. The van der Waals surface area contributed by atoms with Gasteiger partial charge in [-0.25, -0.2) is 0 Å². The van der Waals surface area contributed by atoms with E-state index < -0.39 is 27.0 Å². The third-order valence-corrected chi connectivity index (χ3v) is 2.68. The number of nitro groups is 2. The lowest BCUT2D eigenvalue weighted by Crippen LogP contribution is -2.11. The predicted molar refractivity (Wildman–Crippen MR) is 73.2 cm³/mol. The van der Waals surface area contributed by atoms with Gasteiger partial charge in [0.05, 0.1) is 16.3 Å². The van der Waals surface area contributed by atoms with E-state index in [1.165, 1.54) is 0 Å². The van der Waals surface area contributed by atoms with Crippen molar-refractivity contribution < 1.29 is 19.4 Å². The van der Waals surface area contributed by atoms with Gasteiger partial charge in [-0.1, -0.05) is 13.8 Å². The Morgan fingerprint density at radius 3 is 2.14 bits per heavy atom. The first-order valence-electron chi connectivity index (χ1n) is 6.20. The third kappa shape index (κ3) is 4.44. The molecule has 0 aliphatic heterocycles. The fraction of sp³-hybridized carbons (Fsp3) is 0.385. The number of hydrogen-bond acceptors (Lipinski definition) is 6. The molecule has 0 amide bonds. The zero-order valence-electron chi connectivity index (χ0n) is 11.6. The lowest BCUT2D eigenvalue weighted by molar-refractivity contribution is -0.422. The number of carbonyl (C=O) groups is 2. The van der Waals surface area contributed by atoms with Gasteiger partial charge in [-0.05, 0) is 12.0 Å². The van der Waals surface area contributed by atoms with Gasteiger partial charge in [0.15, 0.2) is 5.78 Å². The summed E-state index contributed by atoms with van der Waals surface area (Å²) in [5.74, 6) is -0.744. The van der Waals surface area contributed by atoms with Gasteiger partial charge in [-0.3, -0.25) is 29.8 Å². The van der Waals surface area contributed by atoms with Crippen LogP contribution in [0.2, 0.25) is 0 Å². The molecule has 0 saturated carbocycles. The van der Waals surface area contributed by atoms with Crippen molar-refractivity contribution in [3.05, 3.63) is 44.0 Å². The zero-order chi connectivity index (χ0) is 16.2. The molecular weight excluding hydrogens is 280 g/mol. The van der Waals surface area contributed by atoms with Gasteiger partial charge in [0.25, 0.3) is 0 Å². The summed E-state index contributed by atoms with van der Waals surface area (Å²) >= 11 is 0. The van der Waals surface area contributed by atoms with E-state index in [4.69, 9.17) is 0 Å². The summed E-state index contributed by atoms with van der Waals surface area (Å²) in [5.41, 5.74) is -1.53. The molecule has 1 aromatic rings. The molecule has 0 bridgehead atoms. The first-order chi connectivity index (χ1) is 9.72. The second-order valence-corrected chi connectivity index (χ2v) is 4.95. The lowest BCUT2D eigenvalue weighted by Gasteiger charge is -2.04. The van der Waals surface area contributed by atoms with Crippen LogP contribution >= 0.6 is 0 Å². The minimum absolute atomic E-state index is 0.0793. The second kappa shape index (κ2) is 6.69. The Morgan fingerprint density at radius 2 is 1.67 bits per heavy atom. The average molecular weight is 294 g/mol. The SMILES string of the molecule is CC(C)CC(=O)CC(=O)c1ccc([N+](=O)[O-])c([N+](=O)[O-])c1. The van der Waals surface area contributed by atoms with Gasteiger partial charge in [0.2, 0.25) is 0 Å². The number of nitrogens with zero attached hydrogens (tertiary/aromatic N) is 2. The van der Waals surface area contributed by atoms with Crippen LogP contribution in [0.5, 0.6) is 0 Å². The van der Waals surface area contributed by atoms with Crippen LogP contribution in [-0.2, 0) is 4.79 Å². The molecule has 21 heavy (non-hydrogen) atoms. The van der Waals surface area contributed by atoms with Crippen molar-refractivity contribution in [2.24, 2.45) is 5.92 Å². The number of nitro benzene ring substituents is 2. The number of rotatable bonds is 7. The fourth-order valence-corrected chi connectivity index (χ4v) is 1.81. The number of benzene rings is 1. The van der Waals surface area contributed by atoms with Gasteiger partial charge < -0.3 is 0 Å². The summed E-state index contributed by atoms with van der Waals surface area (Å²) in [6.07, 6.45) is -0.131. The Labute approximate surface area is 120 Å². The molecule has 8 nitrogen and oxygen atoms in total. The minimum atomic E-state index is -0.926. The first kappa shape index (κ1) is 16.4. The minimum Gasteiger partial charge on any atom is -0.299 e. The van der Waals surface area contributed by atoms with Gasteiger partial charge in [0, 0.05) is 24.1 Å². The van der Waals surface area contributed by atoms with E-state index in [-0.39, 0.29) is 30.1 Å². The van der Waals surface area contributed by atoms with Crippen molar-refractivity contribution in [1.29, 1.82) is 0 Å². The summed E-state index contributed by atoms with van der Waals surface area (Å²) in [5, 5.41) is 21.5. The largest absolute Gasteiger partial charge is 0.346 e. The molecular formula is C13H14N2O6.